The topological polar surface area (TPSA) is 70.0 Å². The molecule has 104 valence electrons. The third-order valence-electron chi connectivity index (χ3n) is 2.60. The molecule has 0 aliphatic carbocycles. The van der Waals surface area contributed by atoms with Crippen molar-refractivity contribution in [2.45, 2.75) is 25.0 Å². The van der Waals surface area contributed by atoms with Crippen LogP contribution in [0, 0.1) is 11.3 Å². The lowest BCUT2D eigenvalue weighted by atomic mass is 10.1. The van der Waals surface area contributed by atoms with Gasteiger partial charge in [0.25, 0.3) is 0 Å². The Morgan fingerprint density at radius 2 is 2.11 bits per heavy atom. The second kappa shape index (κ2) is 7.11. The molecule has 0 aliphatic rings. The number of benzene rings is 1. The Morgan fingerprint density at radius 1 is 1.42 bits per heavy atom. The summed E-state index contributed by atoms with van der Waals surface area (Å²) in [5.41, 5.74) is 0.804. The predicted molar refractivity (Wildman–Crippen MR) is 76.8 cm³/mol. The second-order valence-electron chi connectivity index (χ2n) is 3.95. The van der Waals surface area contributed by atoms with E-state index < -0.39 is 15.3 Å². The lowest BCUT2D eigenvalue weighted by Gasteiger charge is -2.10. The van der Waals surface area contributed by atoms with E-state index in [4.69, 9.17) is 28.5 Å². The zero-order valence-corrected chi connectivity index (χ0v) is 12.7. The summed E-state index contributed by atoms with van der Waals surface area (Å²) in [4.78, 5) is 0. The molecule has 0 heterocycles. The predicted octanol–water partition coefficient (Wildman–Crippen LogP) is 2.76. The van der Waals surface area contributed by atoms with E-state index in [9.17, 15) is 8.42 Å². The number of sulfonamides is 1. The molecule has 0 spiro atoms. The Balaban J connectivity index is 2.62. The van der Waals surface area contributed by atoms with E-state index in [-0.39, 0.29) is 13.0 Å². The summed E-state index contributed by atoms with van der Waals surface area (Å²) in [6, 6.07) is 6.82. The van der Waals surface area contributed by atoms with E-state index in [0.29, 0.717) is 16.5 Å². The van der Waals surface area contributed by atoms with Gasteiger partial charge in [-0.25, -0.2) is 13.1 Å². The molecule has 0 amide bonds. The minimum Gasteiger partial charge on any atom is -0.214 e. The molecule has 0 aromatic heterocycles. The molecule has 0 bridgehead atoms. The SMILES string of the molecule is CCC(C#N)S(=O)(=O)NCCc1ccc(Cl)cc1Cl. The average Bonchev–Trinajstić information content (AvgIpc) is 2.33. The second-order valence-corrected chi connectivity index (χ2v) is 6.74. The van der Waals surface area contributed by atoms with E-state index in [1.807, 2.05) is 0 Å². The molecule has 1 rings (SSSR count). The van der Waals surface area contributed by atoms with Crippen LogP contribution >= 0.6 is 23.2 Å². The Bertz CT molecular complexity index is 582. The largest absolute Gasteiger partial charge is 0.227 e. The van der Waals surface area contributed by atoms with Crippen molar-refractivity contribution in [1.82, 2.24) is 4.72 Å². The van der Waals surface area contributed by atoms with Crippen molar-refractivity contribution in [2.24, 2.45) is 0 Å². The van der Waals surface area contributed by atoms with E-state index in [2.05, 4.69) is 4.72 Å². The lowest BCUT2D eigenvalue weighted by molar-refractivity contribution is 0.572. The van der Waals surface area contributed by atoms with Crippen molar-refractivity contribution in [1.29, 1.82) is 5.26 Å². The number of halogens is 2. The molecule has 0 radical (unpaired) electrons. The first-order chi connectivity index (χ1) is 8.90. The number of rotatable bonds is 6. The number of hydrogen-bond donors (Lipinski definition) is 1. The van der Waals surface area contributed by atoms with Crippen LogP contribution in [0.15, 0.2) is 18.2 Å². The molecule has 1 atom stereocenters. The molecule has 0 saturated heterocycles. The van der Waals surface area contributed by atoms with E-state index >= 15 is 0 Å². The van der Waals surface area contributed by atoms with Gasteiger partial charge in [0.2, 0.25) is 10.0 Å². The van der Waals surface area contributed by atoms with Crippen LogP contribution in [0.25, 0.3) is 0 Å². The van der Waals surface area contributed by atoms with Crippen LogP contribution in [-0.4, -0.2) is 20.2 Å². The lowest BCUT2D eigenvalue weighted by Crippen LogP contribution is -2.34. The highest BCUT2D eigenvalue weighted by molar-refractivity contribution is 7.90. The third-order valence-corrected chi connectivity index (χ3v) is 4.98. The molecule has 1 N–H and O–H groups in total. The van der Waals surface area contributed by atoms with E-state index in [1.54, 1.807) is 31.2 Å². The molecule has 4 nitrogen and oxygen atoms in total. The molecular weight excluding hydrogens is 307 g/mol. The fraction of sp³-hybridized carbons (Fsp3) is 0.417. The van der Waals surface area contributed by atoms with Crippen LogP contribution in [0.2, 0.25) is 10.0 Å². The smallest absolute Gasteiger partial charge is 0.214 e. The molecule has 0 fully saturated rings. The van der Waals surface area contributed by atoms with Crippen molar-refractivity contribution < 1.29 is 8.42 Å². The number of nitriles is 1. The van der Waals surface area contributed by atoms with Crippen molar-refractivity contribution >= 4 is 33.2 Å². The fourth-order valence-electron chi connectivity index (χ4n) is 1.53. The van der Waals surface area contributed by atoms with Crippen LogP contribution in [0.4, 0.5) is 0 Å². The van der Waals surface area contributed by atoms with Crippen LogP contribution in [-0.2, 0) is 16.4 Å². The summed E-state index contributed by atoms with van der Waals surface area (Å²) >= 11 is 11.8. The molecule has 1 aromatic carbocycles. The van der Waals surface area contributed by atoms with Gasteiger partial charge in [0, 0.05) is 16.6 Å². The minimum absolute atomic E-state index is 0.196. The quantitative estimate of drug-likeness (QED) is 0.876. The maximum atomic E-state index is 11.7. The maximum absolute atomic E-state index is 11.7. The summed E-state index contributed by atoms with van der Waals surface area (Å²) in [7, 11) is -3.59. The summed E-state index contributed by atoms with van der Waals surface area (Å²) in [5, 5.41) is 8.76. The van der Waals surface area contributed by atoms with Crippen LogP contribution < -0.4 is 4.72 Å². The molecule has 0 saturated carbocycles. The maximum Gasteiger partial charge on any atom is 0.227 e. The number of hydrogen-bond acceptors (Lipinski definition) is 3. The van der Waals surface area contributed by atoms with E-state index in [1.165, 1.54) is 0 Å². The number of nitrogens with zero attached hydrogens (tertiary/aromatic N) is 1. The van der Waals surface area contributed by atoms with Gasteiger partial charge in [0.05, 0.1) is 6.07 Å². The zero-order valence-electron chi connectivity index (χ0n) is 10.4. The minimum atomic E-state index is -3.59. The Labute approximate surface area is 123 Å². The summed E-state index contributed by atoms with van der Waals surface area (Å²) in [5.74, 6) is 0. The summed E-state index contributed by atoms with van der Waals surface area (Å²) < 4.78 is 25.9. The van der Waals surface area contributed by atoms with Crippen molar-refractivity contribution in [3.05, 3.63) is 33.8 Å². The van der Waals surface area contributed by atoms with Crippen LogP contribution in [0.5, 0.6) is 0 Å². The van der Waals surface area contributed by atoms with Crippen LogP contribution in [0.1, 0.15) is 18.9 Å². The van der Waals surface area contributed by atoms with Gasteiger partial charge < -0.3 is 0 Å². The van der Waals surface area contributed by atoms with Gasteiger partial charge in [-0.2, -0.15) is 5.26 Å². The highest BCUT2D eigenvalue weighted by Crippen LogP contribution is 2.21. The average molecular weight is 321 g/mol. The normalized spacial score (nSPS) is 12.9. The highest BCUT2D eigenvalue weighted by atomic mass is 35.5. The zero-order chi connectivity index (χ0) is 14.5. The third kappa shape index (κ3) is 4.66. The molecular formula is C12H14Cl2N2O2S. The van der Waals surface area contributed by atoms with Crippen molar-refractivity contribution in [3.63, 3.8) is 0 Å². The van der Waals surface area contributed by atoms with Gasteiger partial charge in [-0.1, -0.05) is 36.2 Å². The first-order valence-corrected chi connectivity index (χ1v) is 8.03. The summed E-state index contributed by atoms with van der Waals surface area (Å²) in [6.07, 6.45) is 0.699. The molecule has 7 heteroatoms. The van der Waals surface area contributed by atoms with Gasteiger partial charge in [0.15, 0.2) is 5.25 Å². The van der Waals surface area contributed by atoms with Gasteiger partial charge in [0.1, 0.15) is 0 Å². The van der Waals surface area contributed by atoms with Gasteiger partial charge in [-0.15, -0.1) is 0 Å². The van der Waals surface area contributed by atoms with Gasteiger partial charge in [-0.3, -0.25) is 0 Å². The van der Waals surface area contributed by atoms with Crippen molar-refractivity contribution in [2.75, 3.05) is 6.54 Å². The van der Waals surface area contributed by atoms with Crippen molar-refractivity contribution in [3.8, 4) is 6.07 Å². The standard InChI is InChI=1S/C12H14Cl2N2O2S/c1-2-11(8-15)19(17,18)16-6-5-9-3-4-10(13)7-12(9)14/h3-4,7,11,16H,2,5-6H2,1H3. The first kappa shape index (κ1) is 16.3. The Hall–Kier alpha value is -0.800. The molecule has 0 aliphatic heterocycles. The van der Waals surface area contributed by atoms with Gasteiger partial charge >= 0.3 is 0 Å². The Morgan fingerprint density at radius 3 is 2.63 bits per heavy atom. The number of nitrogens with one attached hydrogen (secondary N) is 1. The molecule has 19 heavy (non-hydrogen) atoms. The highest BCUT2D eigenvalue weighted by Gasteiger charge is 2.22. The van der Waals surface area contributed by atoms with Crippen LogP contribution in [0.3, 0.4) is 0 Å². The fourth-order valence-corrected chi connectivity index (χ4v) is 3.20. The molecule has 1 aromatic rings. The molecule has 1 unspecified atom stereocenters. The van der Waals surface area contributed by atoms with Gasteiger partial charge in [-0.05, 0) is 30.5 Å². The Kier molecular flexibility index (Phi) is 6.08. The van der Waals surface area contributed by atoms with E-state index in [0.717, 1.165) is 5.56 Å². The first-order valence-electron chi connectivity index (χ1n) is 5.72. The summed E-state index contributed by atoms with van der Waals surface area (Å²) in [6.45, 7) is 1.85. The monoisotopic (exact) mass is 320 g/mol.